The molecular weight excluding hydrogens is 326 g/mol. The average Bonchev–Trinajstić information content (AvgIpc) is 2.75. The lowest BCUT2D eigenvalue weighted by Gasteiger charge is -2.47. The predicted octanol–water partition coefficient (Wildman–Crippen LogP) is 1.65. The molecule has 0 atom stereocenters. The number of hydrogen-bond acceptors (Lipinski definition) is 5. The normalized spacial score (nSPS) is 26.5. The van der Waals surface area contributed by atoms with Crippen molar-refractivity contribution >= 4 is 38.9 Å². The van der Waals surface area contributed by atoms with Crippen molar-refractivity contribution in [2.24, 2.45) is 0 Å². The molecule has 20 heavy (non-hydrogen) atoms. The van der Waals surface area contributed by atoms with E-state index in [1.54, 1.807) is 0 Å². The number of rotatable bonds is 5. The Bertz CT molecular complexity index is 621. The highest BCUT2D eigenvalue weighted by atomic mass is 35.5. The molecule has 9 heteroatoms. The third-order valence-electron chi connectivity index (χ3n) is 3.63. The van der Waals surface area contributed by atoms with E-state index in [9.17, 15) is 18.3 Å². The van der Waals surface area contributed by atoms with E-state index >= 15 is 0 Å². The molecule has 1 N–H and O–H groups in total. The van der Waals surface area contributed by atoms with E-state index in [-0.39, 0.29) is 23.2 Å². The van der Waals surface area contributed by atoms with Gasteiger partial charge in [-0.1, -0.05) is 11.6 Å². The van der Waals surface area contributed by atoms with Gasteiger partial charge in [0.05, 0.1) is 10.4 Å². The minimum absolute atomic E-state index is 0.0338. The van der Waals surface area contributed by atoms with Crippen LogP contribution in [0.5, 0.6) is 0 Å². The standard InChI is InChI=1S/C11H14ClNO5S2/c1-13(11(10(14)15)5-7(6-11)18-2)20(16,17)9-4-3-8(12)19-9/h3-4,7H,5-6H2,1-2H3,(H,14,15). The molecule has 1 aliphatic carbocycles. The summed E-state index contributed by atoms with van der Waals surface area (Å²) in [5.74, 6) is -1.17. The van der Waals surface area contributed by atoms with Crippen LogP contribution < -0.4 is 0 Å². The highest BCUT2D eigenvalue weighted by molar-refractivity contribution is 7.91. The van der Waals surface area contributed by atoms with Crippen LogP contribution in [0.3, 0.4) is 0 Å². The first kappa shape index (κ1) is 15.7. The molecule has 1 fully saturated rings. The van der Waals surface area contributed by atoms with E-state index in [0.29, 0.717) is 4.34 Å². The molecule has 0 aromatic carbocycles. The van der Waals surface area contributed by atoms with E-state index in [2.05, 4.69) is 0 Å². The smallest absolute Gasteiger partial charge is 0.325 e. The predicted molar refractivity (Wildman–Crippen MR) is 74.7 cm³/mol. The number of carboxylic acid groups (broad SMARTS) is 1. The molecule has 1 aromatic rings. The van der Waals surface area contributed by atoms with E-state index in [1.165, 1.54) is 26.3 Å². The van der Waals surface area contributed by atoms with Gasteiger partial charge in [-0.15, -0.1) is 11.3 Å². The molecule has 0 radical (unpaired) electrons. The summed E-state index contributed by atoms with van der Waals surface area (Å²) in [6.45, 7) is 0. The van der Waals surface area contributed by atoms with Crippen molar-refractivity contribution in [3.63, 3.8) is 0 Å². The first-order valence-corrected chi connectivity index (χ1v) is 8.38. The molecule has 112 valence electrons. The fourth-order valence-corrected chi connectivity index (χ4v) is 5.37. The summed E-state index contributed by atoms with van der Waals surface area (Å²) in [6, 6.07) is 2.85. The van der Waals surface area contributed by atoms with Gasteiger partial charge in [0.1, 0.15) is 9.75 Å². The number of carbonyl (C=O) groups is 1. The van der Waals surface area contributed by atoms with Gasteiger partial charge in [0, 0.05) is 27.0 Å². The van der Waals surface area contributed by atoms with Gasteiger partial charge in [0.25, 0.3) is 10.0 Å². The minimum atomic E-state index is -3.88. The van der Waals surface area contributed by atoms with Gasteiger partial charge < -0.3 is 9.84 Å². The second-order valence-electron chi connectivity index (χ2n) is 4.63. The fraction of sp³-hybridized carbons (Fsp3) is 0.545. The summed E-state index contributed by atoms with van der Waals surface area (Å²) >= 11 is 6.64. The van der Waals surface area contributed by atoms with Gasteiger partial charge in [-0.2, -0.15) is 4.31 Å². The van der Waals surface area contributed by atoms with Crippen molar-refractivity contribution in [2.45, 2.75) is 28.7 Å². The number of hydrogen-bond donors (Lipinski definition) is 1. The molecule has 0 bridgehead atoms. The molecular formula is C11H14ClNO5S2. The maximum absolute atomic E-state index is 12.5. The third kappa shape index (κ3) is 2.35. The largest absolute Gasteiger partial charge is 0.480 e. The van der Waals surface area contributed by atoms with Gasteiger partial charge in [0.2, 0.25) is 0 Å². The van der Waals surface area contributed by atoms with Gasteiger partial charge in [-0.3, -0.25) is 4.79 Å². The van der Waals surface area contributed by atoms with Crippen molar-refractivity contribution in [1.82, 2.24) is 4.31 Å². The van der Waals surface area contributed by atoms with Gasteiger partial charge in [-0.05, 0) is 12.1 Å². The van der Waals surface area contributed by atoms with Crippen molar-refractivity contribution in [2.75, 3.05) is 14.2 Å². The lowest BCUT2D eigenvalue weighted by atomic mass is 9.74. The first-order chi connectivity index (χ1) is 9.24. The molecule has 1 aromatic heterocycles. The van der Waals surface area contributed by atoms with Crippen LogP contribution in [0.4, 0.5) is 0 Å². The Labute approximate surface area is 126 Å². The molecule has 0 saturated heterocycles. The second kappa shape index (κ2) is 5.27. The Hall–Kier alpha value is -0.670. The molecule has 1 aliphatic rings. The van der Waals surface area contributed by atoms with E-state index in [1.807, 2.05) is 0 Å². The number of thiophene rings is 1. The van der Waals surface area contributed by atoms with E-state index in [4.69, 9.17) is 16.3 Å². The van der Waals surface area contributed by atoms with Gasteiger partial charge >= 0.3 is 5.97 Å². The first-order valence-electron chi connectivity index (χ1n) is 5.74. The average molecular weight is 340 g/mol. The van der Waals surface area contributed by atoms with Crippen LogP contribution in [-0.2, 0) is 19.6 Å². The van der Waals surface area contributed by atoms with Crippen LogP contribution in [0, 0.1) is 0 Å². The molecule has 0 amide bonds. The molecule has 0 aliphatic heterocycles. The molecule has 2 rings (SSSR count). The summed E-state index contributed by atoms with van der Waals surface area (Å²) in [4.78, 5) is 11.5. The number of carboxylic acids is 1. The van der Waals surface area contributed by atoms with E-state index < -0.39 is 21.5 Å². The Morgan fingerprint density at radius 3 is 2.55 bits per heavy atom. The Kier molecular flexibility index (Phi) is 4.14. The summed E-state index contributed by atoms with van der Waals surface area (Å²) in [5.41, 5.74) is -1.45. The highest BCUT2D eigenvalue weighted by Gasteiger charge is 2.57. The van der Waals surface area contributed by atoms with E-state index in [0.717, 1.165) is 15.6 Å². The van der Waals surface area contributed by atoms with Crippen LogP contribution in [0.1, 0.15) is 12.8 Å². The molecule has 0 spiro atoms. The topological polar surface area (TPSA) is 83.9 Å². The summed E-state index contributed by atoms with van der Waals surface area (Å²) in [6.07, 6.45) is 0.0251. The van der Waals surface area contributed by atoms with Crippen molar-refractivity contribution in [3.8, 4) is 0 Å². The number of halogens is 1. The zero-order chi connectivity index (χ0) is 15.1. The number of methoxy groups -OCH3 is 1. The molecule has 6 nitrogen and oxygen atoms in total. The SMILES string of the molecule is COC1CC(C(=O)O)(N(C)S(=O)(=O)c2ccc(Cl)s2)C1. The molecule has 1 saturated carbocycles. The molecule has 0 unspecified atom stereocenters. The van der Waals surface area contributed by atoms with Crippen LogP contribution in [-0.4, -0.2) is 49.6 Å². The monoisotopic (exact) mass is 339 g/mol. The lowest BCUT2D eigenvalue weighted by molar-refractivity contribution is -0.162. The maximum Gasteiger partial charge on any atom is 0.325 e. The number of likely N-dealkylation sites (N-methyl/N-ethyl adjacent to an activating group) is 1. The number of nitrogens with zero attached hydrogens (tertiary/aromatic N) is 1. The maximum atomic E-state index is 12.5. The quantitative estimate of drug-likeness (QED) is 0.881. The fourth-order valence-electron chi connectivity index (χ4n) is 2.23. The minimum Gasteiger partial charge on any atom is -0.480 e. The second-order valence-corrected chi connectivity index (χ2v) is 8.54. The zero-order valence-electron chi connectivity index (χ0n) is 10.9. The lowest BCUT2D eigenvalue weighted by Crippen LogP contribution is -2.64. The summed E-state index contributed by atoms with van der Waals surface area (Å²) < 4.78 is 31.3. The Balaban J connectivity index is 2.34. The number of sulfonamides is 1. The Morgan fingerprint density at radius 1 is 1.55 bits per heavy atom. The number of ether oxygens (including phenoxy) is 1. The third-order valence-corrected chi connectivity index (χ3v) is 7.25. The number of aliphatic carboxylic acids is 1. The summed E-state index contributed by atoms with van der Waals surface area (Å²) in [7, 11) is -1.13. The van der Waals surface area contributed by atoms with Gasteiger partial charge in [-0.25, -0.2) is 8.42 Å². The van der Waals surface area contributed by atoms with Crippen molar-refractivity contribution < 1.29 is 23.1 Å². The van der Waals surface area contributed by atoms with Crippen LogP contribution in [0.25, 0.3) is 0 Å². The van der Waals surface area contributed by atoms with Gasteiger partial charge in [0.15, 0.2) is 0 Å². The zero-order valence-corrected chi connectivity index (χ0v) is 13.3. The van der Waals surface area contributed by atoms with Crippen LogP contribution in [0.2, 0.25) is 4.34 Å². The van der Waals surface area contributed by atoms with Crippen LogP contribution >= 0.6 is 22.9 Å². The van der Waals surface area contributed by atoms with Crippen LogP contribution in [0.15, 0.2) is 16.3 Å². The molecule has 1 heterocycles. The van der Waals surface area contributed by atoms with Crippen molar-refractivity contribution in [3.05, 3.63) is 16.5 Å². The van der Waals surface area contributed by atoms with Crippen molar-refractivity contribution in [1.29, 1.82) is 0 Å². The Morgan fingerprint density at radius 2 is 2.15 bits per heavy atom. The highest BCUT2D eigenvalue weighted by Crippen LogP contribution is 2.42. The summed E-state index contributed by atoms with van der Waals surface area (Å²) in [5, 5.41) is 9.40.